The summed E-state index contributed by atoms with van der Waals surface area (Å²) in [5, 5.41) is 7.58. The molecule has 0 unspecified atom stereocenters. The molecule has 100 valence electrons. The molecule has 0 saturated carbocycles. The van der Waals surface area contributed by atoms with Crippen molar-refractivity contribution >= 4 is 38.8 Å². The second-order valence-corrected chi connectivity index (χ2v) is 5.56. The van der Waals surface area contributed by atoms with E-state index in [0.29, 0.717) is 4.99 Å². The van der Waals surface area contributed by atoms with E-state index < -0.39 is 0 Å². The van der Waals surface area contributed by atoms with Gasteiger partial charge in [0.2, 0.25) is 0 Å². The Balaban J connectivity index is 1.94. The fourth-order valence-electron chi connectivity index (χ4n) is 1.71. The number of halogens is 1. The number of nitrogens with one attached hydrogen (secondary N) is 1. The molecule has 2 aromatic rings. The van der Waals surface area contributed by atoms with E-state index in [1.165, 1.54) is 5.56 Å². The number of aryl methyl sites for hydroxylation is 1. The van der Waals surface area contributed by atoms with Crippen molar-refractivity contribution in [2.75, 3.05) is 11.9 Å². The number of nitrogens with two attached hydrogens (primary N) is 1. The SMILES string of the molecule is Cc1cnn(CCNc2ccc(C(N)=S)cc2Br)c1. The summed E-state index contributed by atoms with van der Waals surface area (Å²) >= 11 is 8.45. The largest absolute Gasteiger partial charge is 0.389 e. The summed E-state index contributed by atoms with van der Waals surface area (Å²) in [4.78, 5) is 0.402. The van der Waals surface area contributed by atoms with Crippen molar-refractivity contribution in [3.05, 3.63) is 46.2 Å². The molecule has 0 saturated heterocycles. The third-order valence-corrected chi connectivity index (χ3v) is 3.56. The van der Waals surface area contributed by atoms with E-state index in [1.54, 1.807) is 0 Å². The highest BCUT2D eigenvalue weighted by molar-refractivity contribution is 9.10. The summed E-state index contributed by atoms with van der Waals surface area (Å²) in [5.41, 5.74) is 8.63. The average Bonchev–Trinajstić information content (AvgIpc) is 2.77. The van der Waals surface area contributed by atoms with Gasteiger partial charge >= 0.3 is 0 Å². The number of nitrogens with zero attached hydrogens (tertiary/aromatic N) is 2. The number of thiocarbonyl (C=S) groups is 1. The highest BCUT2D eigenvalue weighted by Crippen LogP contribution is 2.23. The molecule has 4 nitrogen and oxygen atoms in total. The molecule has 0 radical (unpaired) electrons. The predicted octanol–water partition coefficient (Wildman–Crippen LogP) is 2.70. The van der Waals surface area contributed by atoms with Crippen molar-refractivity contribution in [1.29, 1.82) is 0 Å². The number of hydrogen-bond donors (Lipinski definition) is 2. The van der Waals surface area contributed by atoms with Gasteiger partial charge in [-0.15, -0.1) is 0 Å². The van der Waals surface area contributed by atoms with Gasteiger partial charge in [0.15, 0.2) is 0 Å². The lowest BCUT2D eigenvalue weighted by Gasteiger charge is -2.10. The van der Waals surface area contributed by atoms with Crippen molar-refractivity contribution < 1.29 is 0 Å². The molecule has 0 spiro atoms. The van der Waals surface area contributed by atoms with E-state index in [2.05, 4.69) is 26.3 Å². The number of rotatable bonds is 5. The molecule has 6 heteroatoms. The summed E-state index contributed by atoms with van der Waals surface area (Å²) in [5.74, 6) is 0. The van der Waals surface area contributed by atoms with Crippen molar-refractivity contribution in [3.8, 4) is 0 Å². The van der Waals surface area contributed by atoms with Gasteiger partial charge in [-0.2, -0.15) is 5.10 Å². The zero-order valence-electron chi connectivity index (χ0n) is 10.6. The lowest BCUT2D eigenvalue weighted by Crippen LogP contribution is -2.12. The smallest absolute Gasteiger partial charge is 0.104 e. The van der Waals surface area contributed by atoms with Crippen molar-refractivity contribution in [2.24, 2.45) is 5.73 Å². The molecule has 1 heterocycles. The van der Waals surface area contributed by atoms with Crippen molar-refractivity contribution in [3.63, 3.8) is 0 Å². The minimum Gasteiger partial charge on any atom is -0.389 e. The van der Waals surface area contributed by atoms with Gasteiger partial charge in [0.05, 0.1) is 12.7 Å². The number of anilines is 1. The maximum Gasteiger partial charge on any atom is 0.104 e. The van der Waals surface area contributed by atoms with Gasteiger partial charge in [-0.05, 0) is 46.6 Å². The maximum absolute atomic E-state index is 5.59. The molecule has 0 aliphatic rings. The standard InChI is InChI=1S/C13H15BrN4S/c1-9-7-17-18(8-9)5-4-16-12-3-2-10(13(15)19)6-11(12)14/h2-3,6-8,16H,4-5H2,1H3,(H2,15,19). The Bertz CT molecular complexity index is 594. The Morgan fingerprint density at radius 3 is 2.89 bits per heavy atom. The fraction of sp³-hybridized carbons (Fsp3) is 0.231. The van der Waals surface area contributed by atoms with Crippen LogP contribution in [0.15, 0.2) is 35.1 Å². The topological polar surface area (TPSA) is 55.9 Å². The highest BCUT2D eigenvalue weighted by Gasteiger charge is 2.03. The van der Waals surface area contributed by atoms with Gasteiger partial charge in [0, 0.05) is 28.5 Å². The van der Waals surface area contributed by atoms with Gasteiger partial charge < -0.3 is 11.1 Å². The quantitative estimate of drug-likeness (QED) is 0.823. The Hall–Kier alpha value is -1.40. The third kappa shape index (κ3) is 3.78. The molecule has 1 aromatic carbocycles. The first-order chi connectivity index (χ1) is 9.06. The number of benzene rings is 1. The van der Waals surface area contributed by atoms with E-state index in [4.69, 9.17) is 18.0 Å². The van der Waals surface area contributed by atoms with Gasteiger partial charge in [-0.25, -0.2) is 0 Å². The first-order valence-corrected chi connectivity index (χ1v) is 7.08. The summed E-state index contributed by atoms with van der Waals surface area (Å²) in [7, 11) is 0. The molecule has 2 rings (SSSR count). The Labute approximate surface area is 126 Å². The van der Waals surface area contributed by atoms with Crippen LogP contribution in [0.2, 0.25) is 0 Å². The molecule has 1 aromatic heterocycles. The van der Waals surface area contributed by atoms with Gasteiger partial charge in [-0.1, -0.05) is 12.2 Å². The van der Waals surface area contributed by atoms with Crippen LogP contribution in [-0.2, 0) is 6.54 Å². The number of aromatic nitrogens is 2. The molecular formula is C13H15BrN4S. The average molecular weight is 339 g/mol. The van der Waals surface area contributed by atoms with Crippen molar-refractivity contribution in [1.82, 2.24) is 9.78 Å². The Kier molecular flexibility index (Phi) is 4.55. The molecule has 0 amide bonds. The molecule has 0 aliphatic carbocycles. The maximum atomic E-state index is 5.59. The first kappa shape index (κ1) is 14.0. The zero-order valence-corrected chi connectivity index (χ0v) is 13.0. The van der Waals surface area contributed by atoms with E-state index in [1.807, 2.05) is 42.2 Å². The normalized spacial score (nSPS) is 10.4. The van der Waals surface area contributed by atoms with Crippen LogP contribution >= 0.6 is 28.1 Å². The van der Waals surface area contributed by atoms with Crippen LogP contribution in [0.5, 0.6) is 0 Å². The van der Waals surface area contributed by atoms with Crippen LogP contribution in [0.25, 0.3) is 0 Å². The molecule has 0 aliphatic heterocycles. The minimum absolute atomic E-state index is 0.402. The minimum atomic E-state index is 0.402. The van der Waals surface area contributed by atoms with Gasteiger partial charge in [0.1, 0.15) is 4.99 Å². The molecule has 3 N–H and O–H groups in total. The molecule has 0 fully saturated rings. The number of hydrogen-bond acceptors (Lipinski definition) is 3. The lowest BCUT2D eigenvalue weighted by molar-refractivity contribution is 0.637. The summed E-state index contributed by atoms with van der Waals surface area (Å²) in [6, 6.07) is 5.79. The van der Waals surface area contributed by atoms with E-state index in [-0.39, 0.29) is 0 Å². The van der Waals surface area contributed by atoms with Crippen LogP contribution < -0.4 is 11.1 Å². The van der Waals surface area contributed by atoms with E-state index in [9.17, 15) is 0 Å². The van der Waals surface area contributed by atoms with Crippen LogP contribution in [0, 0.1) is 6.92 Å². The highest BCUT2D eigenvalue weighted by atomic mass is 79.9. The fourth-order valence-corrected chi connectivity index (χ4v) is 2.35. The van der Waals surface area contributed by atoms with Crippen LogP contribution in [-0.4, -0.2) is 21.3 Å². The zero-order chi connectivity index (χ0) is 13.8. The summed E-state index contributed by atoms with van der Waals surface area (Å²) in [6.07, 6.45) is 3.87. The summed E-state index contributed by atoms with van der Waals surface area (Å²) in [6.45, 7) is 3.64. The molecule has 19 heavy (non-hydrogen) atoms. The van der Waals surface area contributed by atoms with Crippen LogP contribution in [0.3, 0.4) is 0 Å². The third-order valence-electron chi connectivity index (χ3n) is 2.67. The Morgan fingerprint density at radius 1 is 1.53 bits per heavy atom. The summed E-state index contributed by atoms with van der Waals surface area (Å²) < 4.78 is 2.87. The monoisotopic (exact) mass is 338 g/mol. The van der Waals surface area contributed by atoms with E-state index >= 15 is 0 Å². The molecule has 0 atom stereocenters. The van der Waals surface area contributed by atoms with E-state index in [0.717, 1.165) is 28.8 Å². The Morgan fingerprint density at radius 2 is 2.32 bits per heavy atom. The van der Waals surface area contributed by atoms with Crippen molar-refractivity contribution in [2.45, 2.75) is 13.5 Å². The van der Waals surface area contributed by atoms with Crippen LogP contribution in [0.4, 0.5) is 5.69 Å². The van der Waals surface area contributed by atoms with Gasteiger partial charge in [0.25, 0.3) is 0 Å². The van der Waals surface area contributed by atoms with Gasteiger partial charge in [-0.3, -0.25) is 4.68 Å². The lowest BCUT2D eigenvalue weighted by atomic mass is 10.2. The molecular weight excluding hydrogens is 324 g/mol. The first-order valence-electron chi connectivity index (χ1n) is 5.88. The second-order valence-electron chi connectivity index (χ2n) is 4.27. The predicted molar refractivity (Wildman–Crippen MR) is 85.5 cm³/mol. The molecule has 0 bridgehead atoms. The van der Waals surface area contributed by atoms with Crippen LogP contribution in [0.1, 0.15) is 11.1 Å². The second kappa shape index (κ2) is 6.16.